The van der Waals surface area contributed by atoms with E-state index in [0.29, 0.717) is 11.8 Å². The van der Waals surface area contributed by atoms with Crippen LogP contribution in [0.15, 0.2) is 60.1 Å². The van der Waals surface area contributed by atoms with Crippen LogP contribution in [0.25, 0.3) is 10.7 Å². The average Bonchev–Trinajstić information content (AvgIpc) is 3.30. The SMILES string of the molecule is Cl.NC[C@@H]1CN(Cc2csc(-c3ccccn3)n2)C[C@H]1c1ccccc1. The first kappa shape index (κ1) is 19.0. The lowest BCUT2D eigenvalue weighted by Crippen LogP contribution is -2.23. The fourth-order valence-electron chi connectivity index (χ4n) is 3.62. The molecule has 1 aromatic carbocycles. The molecule has 1 saturated heterocycles. The van der Waals surface area contributed by atoms with Crippen LogP contribution in [0.1, 0.15) is 17.2 Å². The first-order valence-electron chi connectivity index (χ1n) is 8.66. The topological polar surface area (TPSA) is 55.0 Å². The van der Waals surface area contributed by atoms with Crippen LogP contribution >= 0.6 is 23.7 Å². The molecule has 2 aromatic heterocycles. The van der Waals surface area contributed by atoms with Crippen molar-refractivity contribution in [1.82, 2.24) is 14.9 Å². The first-order valence-corrected chi connectivity index (χ1v) is 9.54. The normalized spacial score (nSPS) is 20.0. The lowest BCUT2D eigenvalue weighted by Gasteiger charge is -2.16. The molecule has 26 heavy (non-hydrogen) atoms. The highest BCUT2D eigenvalue weighted by Gasteiger charge is 2.32. The molecule has 6 heteroatoms. The van der Waals surface area contributed by atoms with Crippen LogP contribution in [0.4, 0.5) is 0 Å². The summed E-state index contributed by atoms with van der Waals surface area (Å²) in [5, 5.41) is 3.14. The summed E-state index contributed by atoms with van der Waals surface area (Å²) in [7, 11) is 0. The number of benzene rings is 1. The van der Waals surface area contributed by atoms with Gasteiger partial charge in [-0.25, -0.2) is 4.98 Å². The molecule has 0 amide bonds. The Morgan fingerprint density at radius 3 is 2.62 bits per heavy atom. The second-order valence-corrected chi connectivity index (χ2v) is 7.42. The summed E-state index contributed by atoms with van der Waals surface area (Å²) in [6.45, 7) is 3.68. The summed E-state index contributed by atoms with van der Waals surface area (Å²) >= 11 is 1.66. The van der Waals surface area contributed by atoms with Crippen molar-refractivity contribution in [1.29, 1.82) is 0 Å². The molecule has 0 radical (unpaired) electrons. The van der Waals surface area contributed by atoms with Gasteiger partial charge in [-0.2, -0.15) is 0 Å². The van der Waals surface area contributed by atoms with Crippen LogP contribution in [0, 0.1) is 5.92 Å². The van der Waals surface area contributed by atoms with E-state index >= 15 is 0 Å². The zero-order valence-corrected chi connectivity index (χ0v) is 16.1. The van der Waals surface area contributed by atoms with Crippen molar-refractivity contribution >= 4 is 23.7 Å². The van der Waals surface area contributed by atoms with E-state index in [1.54, 1.807) is 11.3 Å². The minimum Gasteiger partial charge on any atom is -0.330 e. The van der Waals surface area contributed by atoms with E-state index in [9.17, 15) is 0 Å². The highest BCUT2D eigenvalue weighted by molar-refractivity contribution is 7.13. The van der Waals surface area contributed by atoms with Gasteiger partial charge in [-0.15, -0.1) is 23.7 Å². The molecule has 4 nitrogen and oxygen atoms in total. The summed E-state index contributed by atoms with van der Waals surface area (Å²) in [6, 6.07) is 16.7. The molecule has 1 aliphatic rings. The van der Waals surface area contributed by atoms with Gasteiger partial charge in [0.05, 0.1) is 11.4 Å². The number of halogens is 1. The molecule has 1 fully saturated rings. The first-order chi connectivity index (χ1) is 12.3. The van der Waals surface area contributed by atoms with E-state index in [2.05, 4.69) is 45.6 Å². The third kappa shape index (κ3) is 4.13. The van der Waals surface area contributed by atoms with Crippen LogP contribution in [0.2, 0.25) is 0 Å². The van der Waals surface area contributed by atoms with Gasteiger partial charge in [0.25, 0.3) is 0 Å². The molecule has 136 valence electrons. The monoisotopic (exact) mass is 386 g/mol. The van der Waals surface area contributed by atoms with Crippen molar-refractivity contribution in [3.8, 4) is 10.7 Å². The van der Waals surface area contributed by atoms with Crippen molar-refractivity contribution in [2.45, 2.75) is 12.5 Å². The Morgan fingerprint density at radius 1 is 1.08 bits per heavy atom. The van der Waals surface area contributed by atoms with Crippen LogP contribution in [0.3, 0.4) is 0 Å². The second kappa shape index (κ2) is 8.73. The number of pyridine rings is 1. The number of thiazole rings is 1. The van der Waals surface area contributed by atoms with E-state index in [4.69, 9.17) is 10.7 Å². The number of hydrogen-bond donors (Lipinski definition) is 1. The number of nitrogens with two attached hydrogens (primary N) is 1. The van der Waals surface area contributed by atoms with Gasteiger partial charge >= 0.3 is 0 Å². The fourth-order valence-corrected chi connectivity index (χ4v) is 4.41. The van der Waals surface area contributed by atoms with Crippen LogP contribution < -0.4 is 5.73 Å². The lowest BCUT2D eigenvalue weighted by atomic mass is 9.89. The minimum atomic E-state index is 0. The molecular weight excluding hydrogens is 364 g/mol. The minimum absolute atomic E-state index is 0. The van der Waals surface area contributed by atoms with Crippen LogP contribution in [-0.2, 0) is 6.54 Å². The molecule has 2 N–H and O–H groups in total. The molecule has 0 aliphatic carbocycles. The molecule has 1 aliphatic heterocycles. The fraction of sp³-hybridized carbons (Fsp3) is 0.300. The Kier molecular flexibility index (Phi) is 6.38. The Balaban J connectivity index is 0.00000196. The third-order valence-electron chi connectivity index (χ3n) is 4.87. The van der Waals surface area contributed by atoms with Gasteiger partial charge in [-0.05, 0) is 30.2 Å². The maximum atomic E-state index is 6.05. The van der Waals surface area contributed by atoms with Gasteiger partial charge in [-0.1, -0.05) is 36.4 Å². The van der Waals surface area contributed by atoms with E-state index in [-0.39, 0.29) is 12.4 Å². The summed E-state index contributed by atoms with van der Waals surface area (Å²) in [6.07, 6.45) is 1.81. The maximum absolute atomic E-state index is 6.05. The van der Waals surface area contributed by atoms with Crippen LogP contribution in [0.5, 0.6) is 0 Å². The van der Waals surface area contributed by atoms with E-state index in [1.807, 2.05) is 24.4 Å². The lowest BCUT2D eigenvalue weighted by molar-refractivity contribution is 0.314. The van der Waals surface area contributed by atoms with E-state index < -0.39 is 0 Å². The van der Waals surface area contributed by atoms with Gasteiger partial charge in [0.2, 0.25) is 0 Å². The standard InChI is InChI=1S/C20H22N4S.ClH/c21-10-16-11-24(13-18(16)15-6-2-1-3-7-15)12-17-14-25-20(23-17)19-8-4-5-9-22-19;/h1-9,14,16,18H,10-13,21H2;1H/t16-,18+;/m1./s1. The highest BCUT2D eigenvalue weighted by Crippen LogP contribution is 2.33. The summed E-state index contributed by atoms with van der Waals surface area (Å²) < 4.78 is 0. The van der Waals surface area contributed by atoms with Gasteiger partial charge in [0.15, 0.2) is 0 Å². The largest absolute Gasteiger partial charge is 0.330 e. The Labute approximate surface area is 164 Å². The van der Waals surface area contributed by atoms with Crippen molar-refractivity contribution in [3.05, 3.63) is 71.4 Å². The van der Waals surface area contributed by atoms with E-state index in [1.165, 1.54) is 5.56 Å². The Hall–Kier alpha value is -1.79. The third-order valence-corrected chi connectivity index (χ3v) is 5.78. The maximum Gasteiger partial charge on any atom is 0.142 e. The predicted molar refractivity (Wildman–Crippen MR) is 110 cm³/mol. The molecular formula is C20H23ClN4S. The van der Waals surface area contributed by atoms with E-state index in [0.717, 1.165) is 42.6 Å². The molecule has 0 unspecified atom stereocenters. The number of nitrogens with zero attached hydrogens (tertiary/aromatic N) is 3. The van der Waals surface area contributed by atoms with Crippen molar-refractivity contribution < 1.29 is 0 Å². The number of aromatic nitrogens is 2. The van der Waals surface area contributed by atoms with Crippen LogP contribution in [-0.4, -0.2) is 34.5 Å². The zero-order chi connectivity index (χ0) is 17.1. The summed E-state index contributed by atoms with van der Waals surface area (Å²) in [5.74, 6) is 1.02. The summed E-state index contributed by atoms with van der Waals surface area (Å²) in [5.41, 5.74) is 9.51. The molecule has 0 saturated carbocycles. The molecule has 0 spiro atoms. The molecule has 3 aromatic rings. The van der Waals surface area contributed by atoms with Gasteiger partial charge in [0.1, 0.15) is 5.01 Å². The number of rotatable bonds is 5. The Morgan fingerprint density at radius 2 is 1.88 bits per heavy atom. The number of likely N-dealkylation sites (tertiary alicyclic amines) is 1. The predicted octanol–water partition coefficient (Wildman–Crippen LogP) is 3.80. The zero-order valence-electron chi connectivity index (χ0n) is 14.5. The Bertz CT molecular complexity index is 809. The summed E-state index contributed by atoms with van der Waals surface area (Å²) in [4.78, 5) is 11.6. The molecule has 0 bridgehead atoms. The van der Waals surface area contributed by atoms with Crippen molar-refractivity contribution in [2.24, 2.45) is 11.7 Å². The molecule has 4 rings (SSSR count). The van der Waals surface area contributed by atoms with Crippen molar-refractivity contribution in [3.63, 3.8) is 0 Å². The van der Waals surface area contributed by atoms with Gasteiger partial charge in [-0.3, -0.25) is 9.88 Å². The molecule has 2 atom stereocenters. The second-order valence-electron chi connectivity index (χ2n) is 6.57. The van der Waals surface area contributed by atoms with Gasteiger partial charge in [0, 0.05) is 37.1 Å². The number of hydrogen-bond acceptors (Lipinski definition) is 5. The smallest absolute Gasteiger partial charge is 0.142 e. The highest BCUT2D eigenvalue weighted by atomic mass is 35.5. The molecule has 3 heterocycles. The quantitative estimate of drug-likeness (QED) is 0.724. The average molecular weight is 387 g/mol. The van der Waals surface area contributed by atoms with Crippen molar-refractivity contribution in [2.75, 3.05) is 19.6 Å². The van der Waals surface area contributed by atoms with Gasteiger partial charge < -0.3 is 5.73 Å².